The average molecular weight is 255 g/mol. The molecule has 94 valence electrons. The lowest BCUT2D eigenvalue weighted by Crippen LogP contribution is -2.28. The smallest absolute Gasteiger partial charge is 0.255 e. The van der Waals surface area contributed by atoms with Gasteiger partial charge in [0, 0.05) is 24.3 Å². The van der Waals surface area contributed by atoms with E-state index in [1.165, 1.54) is 0 Å². The van der Waals surface area contributed by atoms with Crippen LogP contribution in [0.25, 0.3) is 0 Å². The minimum Gasteiger partial charge on any atom is -0.398 e. The highest BCUT2D eigenvalue weighted by atomic mass is 35.5. The molecule has 0 fully saturated rings. The van der Waals surface area contributed by atoms with Gasteiger partial charge in [-0.25, -0.2) is 0 Å². The van der Waals surface area contributed by atoms with Crippen molar-refractivity contribution in [3.05, 3.63) is 28.8 Å². The molecule has 0 radical (unpaired) electrons. The Hall–Kier alpha value is -1.22. The molecule has 1 rings (SSSR count). The molecule has 1 amide bonds. The highest BCUT2D eigenvalue weighted by molar-refractivity contribution is 6.31. The van der Waals surface area contributed by atoms with Crippen molar-refractivity contribution in [2.45, 2.75) is 26.2 Å². The minimum absolute atomic E-state index is 0.0684. The molecule has 0 spiro atoms. The number of rotatable bonds is 5. The topological polar surface area (TPSA) is 46.3 Å². The minimum atomic E-state index is -0.0684. The van der Waals surface area contributed by atoms with Crippen molar-refractivity contribution in [1.29, 1.82) is 0 Å². The molecule has 17 heavy (non-hydrogen) atoms. The van der Waals surface area contributed by atoms with Crippen LogP contribution in [-0.4, -0.2) is 24.4 Å². The van der Waals surface area contributed by atoms with Crippen LogP contribution >= 0.6 is 11.6 Å². The van der Waals surface area contributed by atoms with Crippen LogP contribution in [0.2, 0.25) is 5.02 Å². The highest BCUT2D eigenvalue weighted by Crippen LogP contribution is 2.19. The van der Waals surface area contributed by atoms with Crippen LogP contribution in [0.15, 0.2) is 18.2 Å². The van der Waals surface area contributed by atoms with Gasteiger partial charge in [0.25, 0.3) is 5.91 Å². The third kappa shape index (κ3) is 3.93. The van der Waals surface area contributed by atoms with Crippen LogP contribution in [0.3, 0.4) is 0 Å². The molecule has 0 aliphatic rings. The van der Waals surface area contributed by atoms with Crippen molar-refractivity contribution < 1.29 is 4.79 Å². The summed E-state index contributed by atoms with van der Waals surface area (Å²) in [6, 6.07) is 4.97. The molecular weight excluding hydrogens is 236 g/mol. The summed E-state index contributed by atoms with van der Waals surface area (Å²) in [7, 11) is 1.79. The summed E-state index contributed by atoms with van der Waals surface area (Å²) in [4.78, 5) is 13.8. The zero-order valence-electron chi connectivity index (χ0n) is 10.4. The standard InChI is InChI=1S/C13H19ClN2O/c1-3-4-5-8-16(2)13(17)11-9-10(14)6-7-12(11)15/h6-7,9H,3-5,8,15H2,1-2H3. The van der Waals surface area contributed by atoms with E-state index < -0.39 is 0 Å². The molecule has 0 atom stereocenters. The largest absolute Gasteiger partial charge is 0.398 e. The monoisotopic (exact) mass is 254 g/mol. The first-order chi connectivity index (χ1) is 8.06. The fourth-order valence-corrected chi connectivity index (χ4v) is 1.79. The Balaban J connectivity index is 2.71. The number of nitrogens with zero attached hydrogens (tertiary/aromatic N) is 1. The summed E-state index contributed by atoms with van der Waals surface area (Å²) in [5.41, 5.74) is 6.73. The molecule has 0 heterocycles. The lowest BCUT2D eigenvalue weighted by atomic mass is 10.1. The molecule has 1 aromatic rings. The number of benzene rings is 1. The number of nitrogens with two attached hydrogens (primary N) is 1. The number of amides is 1. The molecule has 0 unspecified atom stereocenters. The Kier molecular flexibility index (Phi) is 5.29. The fourth-order valence-electron chi connectivity index (χ4n) is 1.62. The van der Waals surface area contributed by atoms with Gasteiger partial charge in [-0.1, -0.05) is 31.4 Å². The van der Waals surface area contributed by atoms with E-state index in [2.05, 4.69) is 6.92 Å². The maximum absolute atomic E-state index is 12.1. The quantitative estimate of drug-likeness (QED) is 0.648. The number of hydrogen-bond donors (Lipinski definition) is 1. The fraction of sp³-hybridized carbons (Fsp3) is 0.462. The number of carbonyl (C=O) groups excluding carboxylic acids is 1. The van der Waals surface area contributed by atoms with Gasteiger partial charge >= 0.3 is 0 Å². The third-order valence-corrected chi connectivity index (χ3v) is 2.92. The lowest BCUT2D eigenvalue weighted by molar-refractivity contribution is 0.0793. The average Bonchev–Trinajstić information content (AvgIpc) is 2.31. The lowest BCUT2D eigenvalue weighted by Gasteiger charge is -2.18. The molecular formula is C13H19ClN2O. The normalized spacial score (nSPS) is 10.3. The number of hydrogen-bond acceptors (Lipinski definition) is 2. The van der Waals surface area contributed by atoms with Crippen LogP contribution in [-0.2, 0) is 0 Å². The highest BCUT2D eigenvalue weighted by Gasteiger charge is 2.14. The zero-order chi connectivity index (χ0) is 12.8. The first-order valence-electron chi connectivity index (χ1n) is 5.86. The van der Waals surface area contributed by atoms with Crippen molar-refractivity contribution in [3.8, 4) is 0 Å². The van der Waals surface area contributed by atoms with Crippen LogP contribution in [0.4, 0.5) is 5.69 Å². The van der Waals surface area contributed by atoms with Crippen LogP contribution in [0.1, 0.15) is 36.5 Å². The Bertz CT molecular complexity index is 393. The molecule has 0 saturated carbocycles. The zero-order valence-corrected chi connectivity index (χ0v) is 11.1. The van der Waals surface area contributed by atoms with E-state index in [0.29, 0.717) is 16.3 Å². The summed E-state index contributed by atoms with van der Waals surface area (Å²) >= 11 is 5.87. The SMILES string of the molecule is CCCCCN(C)C(=O)c1cc(Cl)ccc1N. The van der Waals surface area contributed by atoms with Gasteiger partial charge in [-0.15, -0.1) is 0 Å². The van der Waals surface area contributed by atoms with Crippen molar-refractivity contribution in [3.63, 3.8) is 0 Å². The van der Waals surface area contributed by atoms with Crippen molar-refractivity contribution >= 4 is 23.2 Å². The summed E-state index contributed by atoms with van der Waals surface area (Å²) < 4.78 is 0. The Morgan fingerprint density at radius 3 is 2.76 bits per heavy atom. The van der Waals surface area contributed by atoms with Gasteiger partial charge in [-0.3, -0.25) is 4.79 Å². The van der Waals surface area contributed by atoms with E-state index in [0.717, 1.165) is 25.8 Å². The van der Waals surface area contributed by atoms with E-state index in [1.807, 2.05) is 0 Å². The molecule has 2 N–H and O–H groups in total. The molecule has 0 aromatic heterocycles. The second-order valence-electron chi connectivity index (χ2n) is 4.17. The van der Waals surface area contributed by atoms with Crippen LogP contribution in [0.5, 0.6) is 0 Å². The summed E-state index contributed by atoms with van der Waals surface area (Å²) in [5, 5.41) is 0.532. The number of carbonyl (C=O) groups is 1. The van der Waals surface area contributed by atoms with Crippen molar-refractivity contribution in [1.82, 2.24) is 4.90 Å². The summed E-state index contributed by atoms with van der Waals surface area (Å²) in [5.74, 6) is -0.0684. The van der Waals surface area contributed by atoms with Crippen LogP contribution in [0, 0.1) is 0 Å². The Labute approximate surface area is 108 Å². The molecule has 0 aliphatic heterocycles. The van der Waals surface area contributed by atoms with Crippen LogP contribution < -0.4 is 5.73 Å². The maximum Gasteiger partial charge on any atom is 0.255 e. The first-order valence-corrected chi connectivity index (χ1v) is 6.24. The van der Waals surface area contributed by atoms with Gasteiger partial charge in [-0.2, -0.15) is 0 Å². The van der Waals surface area contributed by atoms with Gasteiger partial charge in [0.1, 0.15) is 0 Å². The summed E-state index contributed by atoms with van der Waals surface area (Å²) in [6.45, 7) is 2.88. The number of anilines is 1. The van der Waals surface area contributed by atoms with E-state index in [-0.39, 0.29) is 5.91 Å². The predicted octanol–water partition coefficient (Wildman–Crippen LogP) is 3.18. The molecule has 0 bridgehead atoms. The predicted molar refractivity (Wildman–Crippen MR) is 72.3 cm³/mol. The molecule has 3 nitrogen and oxygen atoms in total. The molecule has 0 aliphatic carbocycles. The van der Waals surface area contributed by atoms with E-state index in [4.69, 9.17) is 17.3 Å². The number of nitrogen functional groups attached to an aromatic ring is 1. The van der Waals surface area contributed by atoms with Crippen molar-refractivity contribution in [2.75, 3.05) is 19.3 Å². The van der Waals surface area contributed by atoms with Gasteiger partial charge in [0.2, 0.25) is 0 Å². The first kappa shape index (κ1) is 13.8. The molecule has 0 saturated heterocycles. The molecule has 4 heteroatoms. The van der Waals surface area contributed by atoms with E-state index in [9.17, 15) is 4.79 Å². The van der Waals surface area contributed by atoms with Gasteiger partial charge < -0.3 is 10.6 Å². The van der Waals surface area contributed by atoms with Gasteiger partial charge in [0.05, 0.1) is 5.56 Å². The Morgan fingerprint density at radius 1 is 1.41 bits per heavy atom. The third-order valence-electron chi connectivity index (χ3n) is 2.69. The second kappa shape index (κ2) is 6.50. The number of unbranched alkanes of at least 4 members (excludes halogenated alkanes) is 2. The second-order valence-corrected chi connectivity index (χ2v) is 4.60. The summed E-state index contributed by atoms with van der Waals surface area (Å²) in [6.07, 6.45) is 3.28. The van der Waals surface area contributed by atoms with E-state index >= 15 is 0 Å². The van der Waals surface area contributed by atoms with E-state index in [1.54, 1.807) is 30.1 Å². The maximum atomic E-state index is 12.1. The van der Waals surface area contributed by atoms with Crippen molar-refractivity contribution in [2.24, 2.45) is 0 Å². The Morgan fingerprint density at radius 2 is 2.12 bits per heavy atom. The van der Waals surface area contributed by atoms with Gasteiger partial charge in [0.15, 0.2) is 0 Å². The molecule has 1 aromatic carbocycles. The van der Waals surface area contributed by atoms with Gasteiger partial charge in [-0.05, 0) is 24.6 Å². The number of halogens is 1.